The second-order valence-electron chi connectivity index (χ2n) is 9.21. The lowest BCUT2D eigenvalue weighted by molar-refractivity contribution is -0.115. The van der Waals surface area contributed by atoms with E-state index in [0.29, 0.717) is 10.6 Å². The molecule has 8 nitrogen and oxygen atoms in total. The van der Waals surface area contributed by atoms with Gasteiger partial charge >= 0.3 is 11.9 Å². The fraction of sp³-hybridized carbons (Fsp3) is 0.125. The third-order valence-electron chi connectivity index (χ3n) is 6.42. The molecule has 4 N–H and O–H groups in total. The van der Waals surface area contributed by atoms with Crippen LogP contribution in [0.1, 0.15) is 59.9 Å². The first-order chi connectivity index (χ1) is 19.7. The van der Waals surface area contributed by atoms with E-state index in [0.717, 1.165) is 34.9 Å². The SMILES string of the molecule is CCc1cccc(C)c1NC(=O)C(Sc1cccc(NC(=O)c2ccc(C(=O)O)cc2C(=O)O)c1)c1ccccc1. The number of hydrogen-bond donors (Lipinski definition) is 4. The van der Waals surface area contributed by atoms with Crippen molar-refractivity contribution >= 4 is 46.9 Å². The van der Waals surface area contributed by atoms with E-state index in [1.54, 1.807) is 18.2 Å². The van der Waals surface area contributed by atoms with Crippen molar-refractivity contribution in [3.05, 3.63) is 124 Å². The molecule has 4 rings (SSSR count). The summed E-state index contributed by atoms with van der Waals surface area (Å²) in [7, 11) is 0. The van der Waals surface area contributed by atoms with Crippen molar-refractivity contribution in [3.63, 3.8) is 0 Å². The highest BCUT2D eigenvalue weighted by atomic mass is 32.2. The van der Waals surface area contributed by atoms with Crippen molar-refractivity contribution in [3.8, 4) is 0 Å². The van der Waals surface area contributed by atoms with Crippen molar-refractivity contribution in [1.29, 1.82) is 0 Å². The minimum absolute atomic E-state index is 0.174. The zero-order valence-corrected chi connectivity index (χ0v) is 23.2. The predicted octanol–water partition coefficient (Wildman–Crippen LogP) is 6.68. The fourth-order valence-corrected chi connectivity index (χ4v) is 5.41. The number of para-hydroxylation sites is 1. The van der Waals surface area contributed by atoms with Gasteiger partial charge in [-0.05, 0) is 66.4 Å². The maximum absolute atomic E-state index is 13.7. The first kappa shape index (κ1) is 29.1. The maximum Gasteiger partial charge on any atom is 0.336 e. The molecule has 0 radical (unpaired) electrons. The average Bonchev–Trinajstić information content (AvgIpc) is 2.97. The van der Waals surface area contributed by atoms with Crippen LogP contribution in [-0.4, -0.2) is 34.0 Å². The first-order valence-corrected chi connectivity index (χ1v) is 13.7. The summed E-state index contributed by atoms with van der Waals surface area (Å²) >= 11 is 1.32. The van der Waals surface area contributed by atoms with E-state index >= 15 is 0 Å². The van der Waals surface area contributed by atoms with E-state index in [4.69, 9.17) is 0 Å². The normalized spacial score (nSPS) is 11.4. The van der Waals surface area contributed by atoms with Gasteiger partial charge in [0.1, 0.15) is 5.25 Å². The Kier molecular flexibility index (Phi) is 9.21. The Morgan fingerprint density at radius 2 is 1.51 bits per heavy atom. The van der Waals surface area contributed by atoms with Crippen LogP contribution >= 0.6 is 11.8 Å². The number of carboxylic acids is 2. The number of carbonyl (C=O) groups excluding carboxylic acids is 2. The molecule has 1 atom stereocenters. The highest BCUT2D eigenvalue weighted by Gasteiger charge is 2.24. The number of aryl methyl sites for hydroxylation is 2. The highest BCUT2D eigenvalue weighted by molar-refractivity contribution is 8.00. The monoisotopic (exact) mass is 568 g/mol. The molecular formula is C32H28N2O6S. The molecular weight excluding hydrogens is 540 g/mol. The van der Waals surface area contributed by atoms with Gasteiger partial charge in [0.15, 0.2) is 0 Å². The molecule has 0 saturated carbocycles. The van der Waals surface area contributed by atoms with Gasteiger partial charge in [0.2, 0.25) is 5.91 Å². The van der Waals surface area contributed by atoms with Crippen LogP contribution in [0.3, 0.4) is 0 Å². The van der Waals surface area contributed by atoms with Crippen molar-refractivity contribution in [2.75, 3.05) is 10.6 Å². The van der Waals surface area contributed by atoms with E-state index < -0.39 is 28.7 Å². The van der Waals surface area contributed by atoms with Crippen LogP contribution in [0.25, 0.3) is 0 Å². The molecule has 0 fully saturated rings. The summed E-state index contributed by atoms with van der Waals surface area (Å²) < 4.78 is 0. The lowest BCUT2D eigenvalue weighted by Gasteiger charge is -2.20. The standard InChI is InChI=1S/C32H28N2O6S/c1-3-20-12-7-9-19(2)27(20)34-30(36)28(21-10-5-4-6-11-21)41-24-14-8-13-23(18-24)33-29(35)25-16-15-22(31(37)38)17-26(25)32(39)40/h4-18,28H,3H2,1-2H3,(H,33,35)(H,34,36)(H,37,38)(H,39,40). The number of amides is 2. The zero-order valence-electron chi connectivity index (χ0n) is 22.4. The number of hydrogen-bond acceptors (Lipinski definition) is 5. The maximum atomic E-state index is 13.7. The highest BCUT2D eigenvalue weighted by Crippen LogP contribution is 2.38. The van der Waals surface area contributed by atoms with Gasteiger partial charge in [-0.25, -0.2) is 9.59 Å². The Labute approximate surface area is 241 Å². The largest absolute Gasteiger partial charge is 0.478 e. The Morgan fingerprint density at radius 3 is 2.20 bits per heavy atom. The van der Waals surface area contributed by atoms with Gasteiger partial charge in [-0.2, -0.15) is 0 Å². The van der Waals surface area contributed by atoms with Crippen molar-refractivity contribution in [2.24, 2.45) is 0 Å². The molecule has 0 aromatic heterocycles. The second-order valence-corrected chi connectivity index (χ2v) is 10.4. The molecule has 0 saturated heterocycles. The van der Waals surface area contributed by atoms with Gasteiger partial charge in [0.05, 0.1) is 16.7 Å². The molecule has 4 aromatic carbocycles. The minimum Gasteiger partial charge on any atom is -0.478 e. The average molecular weight is 569 g/mol. The number of carboxylic acid groups (broad SMARTS) is 2. The minimum atomic E-state index is -1.42. The second kappa shape index (κ2) is 13.0. The van der Waals surface area contributed by atoms with Crippen molar-refractivity contribution < 1.29 is 29.4 Å². The van der Waals surface area contributed by atoms with Crippen molar-refractivity contribution in [2.45, 2.75) is 30.4 Å². The first-order valence-electron chi connectivity index (χ1n) is 12.8. The quantitative estimate of drug-likeness (QED) is 0.157. The zero-order chi connectivity index (χ0) is 29.5. The summed E-state index contributed by atoms with van der Waals surface area (Å²) in [4.78, 5) is 50.3. The van der Waals surface area contributed by atoms with E-state index in [1.807, 2.05) is 68.4 Å². The lowest BCUT2D eigenvalue weighted by atomic mass is 10.0. The lowest BCUT2D eigenvalue weighted by Crippen LogP contribution is -2.20. The summed E-state index contributed by atoms with van der Waals surface area (Å²) in [6.07, 6.45) is 0.769. The molecule has 9 heteroatoms. The van der Waals surface area contributed by atoms with Crippen LogP contribution in [0.4, 0.5) is 11.4 Å². The number of benzene rings is 4. The van der Waals surface area contributed by atoms with Crippen molar-refractivity contribution in [1.82, 2.24) is 0 Å². The molecule has 0 aliphatic carbocycles. The van der Waals surface area contributed by atoms with Gasteiger partial charge in [0, 0.05) is 16.3 Å². The van der Waals surface area contributed by atoms with Crippen LogP contribution in [-0.2, 0) is 11.2 Å². The number of rotatable bonds is 10. The molecule has 1 unspecified atom stereocenters. The molecule has 208 valence electrons. The van der Waals surface area contributed by atoms with Gasteiger partial charge in [-0.15, -0.1) is 11.8 Å². The van der Waals surface area contributed by atoms with Crippen LogP contribution < -0.4 is 10.6 Å². The molecule has 0 aliphatic rings. The van der Waals surface area contributed by atoms with Gasteiger partial charge in [-0.3, -0.25) is 9.59 Å². The van der Waals surface area contributed by atoms with E-state index in [2.05, 4.69) is 10.6 Å². The van der Waals surface area contributed by atoms with Crippen LogP contribution in [0.15, 0.2) is 95.9 Å². The molecule has 4 aromatic rings. The Balaban J connectivity index is 1.59. The number of carbonyl (C=O) groups is 4. The fourth-order valence-electron chi connectivity index (χ4n) is 4.33. The topological polar surface area (TPSA) is 133 Å². The Bertz CT molecular complexity index is 1620. The molecule has 0 heterocycles. The Morgan fingerprint density at radius 1 is 0.780 bits per heavy atom. The molecule has 2 amide bonds. The predicted molar refractivity (Wildman–Crippen MR) is 159 cm³/mol. The van der Waals surface area contributed by atoms with Gasteiger partial charge in [-0.1, -0.05) is 61.5 Å². The molecule has 0 bridgehead atoms. The molecule has 0 spiro atoms. The van der Waals surface area contributed by atoms with Gasteiger partial charge in [0.25, 0.3) is 5.91 Å². The summed E-state index contributed by atoms with van der Waals surface area (Å²) in [5.74, 6) is -3.61. The number of thioether (sulfide) groups is 1. The number of aromatic carboxylic acids is 2. The number of anilines is 2. The molecule has 0 aliphatic heterocycles. The van der Waals surface area contributed by atoms with E-state index in [-0.39, 0.29) is 17.0 Å². The molecule has 41 heavy (non-hydrogen) atoms. The van der Waals surface area contributed by atoms with Crippen LogP contribution in [0.5, 0.6) is 0 Å². The Hall–Kier alpha value is -4.89. The third-order valence-corrected chi connectivity index (χ3v) is 7.66. The summed E-state index contributed by atoms with van der Waals surface area (Å²) in [5.41, 5.74) is 3.17. The summed E-state index contributed by atoms with van der Waals surface area (Å²) in [5, 5.41) is 23.9. The van der Waals surface area contributed by atoms with Gasteiger partial charge < -0.3 is 20.8 Å². The summed E-state index contributed by atoms with van der Waals surface area (Å²) in [6, 6.07) is 25.5. The smallest absolute Gasteiger partial charge is 0.336 e. The van der Waals surface area contributed by atoms with Crippen LogP contribution in [0, 0.1) is 6.92 Å². The van der Waals surface area contributed by atoms with Crippen LogP contribution in [0.2, 0.25) is 0 Å². The van der Waals surface area contributed by atoms with E-state index in [1.165, 1.54) is 23.9 Å². The van der Waals surface area contributed by atoms with E-state index in [9.17, 15) is 29.4 Å². The number of nitrogens with one attached hydrogen (secondary N) is 2. The summed E-state index contributed by atoms with van der Waals surface area (Å²) in [6.45, 7) is 3.99. The third kappa shape index (κ3) is 7.01.